The minimum Gasteiger partial charge on any atom is -0.493 e. The first-order chi connectivity index (χ1) is 15.5. The number of hydrogen-bond donors (Lipinski definition) is 1. The van der Waals surface area contributed by atoms with Crippen LogP contribution in [0.25, 0.3) is 0 Å². The van der Waals surface area contributed by atoms with E-state index >= 15 is 0 Å². The molecule has 5 nitrogen and oxygen atoms in total. The lowest BCUT2D eigenvalue weighted by atomic mass is 9.69. The SMILES string of the molecule is COc1ccc(C2(C#Cc3ccc(C(=O)O)cc3)CCC(=O)CC2)cc1OC1CCCC1. The summed E-state index contributed by atoms with van der Waals surface area (Å²) in [5, 5.41) is 9.10. The van der Waals surface area contributed by atoms with Crippen LogP contribution >= 0.6 is 0 Å². The van der Waals surface area contributed by atoms with E-state index in [1.165, 1.54) is 12.8 Å². The van der Waals surface area contributed by atoms with Gasteiger partial charge in [0.2, 0.25) is 0 Å². The molecule has 0 bridgehead atoms. The highest BCUT2D eigenvalue weighted by atomic mass is 16.5. The number of ketones is 1. The lowest BCUT2D eigenvalue weighted by Crippen LogP contribution is -2.30. The van der Waals surface area contributed by atoms with Crippen molar-refractivity contribution in [1.29, 1.82) is 0 Å². The zero-order valence-electron chi connectivity index (χ0n) is 18.4. The summed E-state index contributed by atoms with van der Waals surface area (Å²) < 4.78 is 11.8. The summed E-state index contributed by atoms with van der Waals surface area (Å²) in [7, 11) is 1.64. The monoisotopic (exact) mass is 432 g/mol. The van der Waals surface area contributed by atoms with Crippen LogP contribution in [-0.4, -0.2) is 30.1 Å². The predicted octanol–water partition coefficient (Wildman–Crippen LogP) is 5.15. The van der Waals surface area contributed by atoms with E-state index in [1.54, 1.807) is 31.4 Å². The maximum Gasteiger partial charge on any atom is 0.335 e. The lowest BCUT2D eigenvalue weighted by molar-refractivity contribution is -0.120. The fraction of sp³-hybridized carbons (Fsp3) is 0.407. The van der Waals surface area contributed by atoms with Crippen molar-refractivity contribution in [2.45, 2.75) is 62.9 Å². The number of Topliss-reactive ketones (excluding diaryl/α,β-unsaturated/α-hetero) is 1. The maximum absolute atomic E-state index is 12.0. The molecule has 1 N–H and O–H groups in total. The average Bonchev–Trinajstić information content (AvgIpc) is 3.32. The lowest BCUT2D eigenvalue weighted by Gasteiger charge is -2.33. The summed E-state index contributed by atoms with van der Waals surface area (Å²) in [5.41, 5.74) is 1.56. The molecule has 0 radical (unpaired) electrons. The zero-order valence-corrected chi connectivity index (χ0v) is 18.4. The van der Waals surface area contributed by atoms with Gasteiger partial charge in [0, 0.05) is 18.4 Å². The van der Waals surface area contributed by atoms with Crippen LogP contribution in [0, 0.1) is 11.8 Å². The standard InChI is InChI=1S/C27H28O5/c1-31-24-11-10-21(18-25(24)32-23-4-2-3-5-23)27(16-13-22(28)14-17-27)15-12-19-6-8-20(9-7-19)26(29)30/h6-11,18,23H,2-5,13-14,16-17H2,1H3,(H,29,30). The Hall–Kier alpha value is -3.26. The second kappa shape index (κ2) is 9.48. The Balaban J connectivity index is 1.68. The van der Waals surface area contributed by atoms with Crippen molar-refractivity contribution in [2.24, 2.45) is 0 Å². The molecule has 2 aliphatic rings. The first-order valence-electron chi connectivity index (χ1n) is 11.2. The van der Waals surface area contributed by atoms with Crippen LogP contribution in [0.1, 0.15) is 72.9 Å². The molecule has 2 aromatic rings. The molecular weight excluding hydrogens is 404 g/mol. The quantitative estimate of drug-likeness (QED) is 0.662. The van der Waals surface area contributed by atoms with Gasteiger partial charge in [0.15, 0.2) is 11.5 Å². The topological polar surface area (TPSA) is 72.8 Å². The van der Waals surface area contributed by atoms with Gasteiger partial charge in [-0.15, -0.1) is 0 Å². The molecule has 0 unspecified atom stereocenters. The van der Waals surface area contributed by atoms with Crippen molar-refractivity contribution in [3.63, 3.8) is 0 Å². The number of ether oxygens (including phenoxy) is 2. The van der Waals surface area contributed by atoms with Crippen molar-refractivity contribution in [2.75, 3.05) is 7.11 Å². The largest absolute Gasteiger partial charge is 0.493 e. The van der Waals surface area contributed by atoms with Crippen LogP contribution in [0.3, 0.4) is 0 Å². The third-order valence-electron chi connectivity index (χ3n) is 6.55. The molecular formula is C27H28O5. The number of hydrogen-bond acceptors (Lipinski definition) is 4. The minimum atomic E-state index is -0.959. The molecule has 0 heterocycles. The highest BCUT2D eigenvalue weighted by Crippen LogP contribution is 2.42. The minimum absolute atomic E-state index is 0.210. The summed E-state index contributed by atoms with van der Waals surface area (Å²) in [5.74, 6) is 7.43. The second-order valence-electron chi connectivity index (χ2n) is 8.64. The molecule has 2 fully saturated rings. The van der Waals surface area contributed by atoms with E-state index < -0.39 is 11.4 Å². The van der Waals surface area contributed by atoms with Gasteiger partial charge in [0.05, 0.1) is 24.2 Å². The molecule has 2 aliphatic carbocycles. The number of carboxylic acids is 1. The molecule has 2 saturated carbocycles. The molecule has 166 valence electrons. The van der Waals surface area contributed by atoms with Gasteiger partial charge >= 0.3 is 5.97 Å². The molecule has 0 atom stereocenters. The van der Waals surface area contributed by atoms with Gasteiger partial charge in [-0.3, -0.25) is 4.79 Å². The zero-order chi connectivity index (χ0) is 22.6. The molecule has 0 aliphatic heterocycles. The van der Waals surface area contributed by atoms with Crippen LogP contribution in [0.15, 0.2) is 42.5 Å². The second-order valence-corrected chi connectivity index (χ2v) is 8.64. The van der Waals surface area contributed by atoms with Gasteiger partial charge in [-0.2, -0.15) is 0 Å². The molecule has 0 saturated heterocycles. The van der Waals surface area contributed by atoms with Crippen molar-refractivity contribution in [3.8, 4) is 23.3 Å². The molecule has 0 spiro atoms. The number of aromatic carboxylic acids is 1. The smallest absolute Gasteiger partial charge is 0.335 e. The fourth-order valence-corrected chi connectivity index (χ4v) is 4.58. The summed E-state index contributed by atoms with van der Waals surface area (Å²) in [6.45, 7) is 0. The van der Waals surface area contributed by atoms with Crippen LogP contribution in [0.4, 0.5) is 0 Å². The Bertz CT molecular complexity index is 1040. The van der Waals surface area contributed by atoms with Crippen molar-refractivity contribution in [1.82, 2.24) is 0 Å². The molecule has 0 amide bonds. The fourth-order valence-electron chi connectivity index (χ4n) is 4.58. The van der Waals surface area contributed by atoms with Gasteiger partial charge in [-0.25, -0.2) is 4.79 Å². The van der Waals surface area contributed by atoms with Gasteiger partial charge < -0.3 is 14.6 Å². The summed E-state index contributed by atoms with van der Waals surface area (Å²) in [4.78, 5) is 23.1. The summed E-state index contributed by atoms with van der Waals surface area (Å²) >= 11 is 0. The van der Waals surface area contributed by atoms with Crippen LogP contribution < -0.4 is 9.47 Å². The summed E-state index contributed by atoms with van der Waals surface area (Å²) in [6.07, 6.45) is 6.99. The van der Waals surface area contributed by atoms with E-state index in [1.807, 2.05) is 18.2 Å². The van der Waals surface area contributed by atoms with Gasteiger partial charge in [0.1, 0.15) is 5.78 Å². The van der Waals surface area contributed by atoms with E-state index in [0.29, 0.717) is 31.4 Å². The first-order valence-corrected chi connectivity index (χ1v) is 11.2. The number of carbonyl (C=O) groups is 2. The molecule has 2 aromatic carbocycles. The number of methoxy groups -OCH3 is 1. The van der Waals surface area contributed by atoms with Crippen LogP contribution in [-0.2, 0) is 10.2 Å². The van der Waals surface area contributed by atoms with Gasteiger partial charge in [0.25, 0.3) is 0 Å². The van der Waals surface area contributed by atoms with E-state index in [2.05, 4.69) is 11.8 Å². The highest BCUT2D eigenvalue weighted by Gasteiger charge is 2.36. The molecule has 4 rings (SSSR count). The Morgan fingerprint density at radius 3 is 2.34 bits per heavy atom. The van der Waals surface area contributed by atoms with Crippen LogP contribution in [0.5, 0.6) is 11.5 Å². The highest BCUT2D eigenvalue weighted by molar-refractivity contribution is 5.87. The Morgan fingerprint density at radius 2 is 1.72 bits per heavy atom. The third-order valence-corrected chi connectivity index (χ3v) is 6.55. The number of carbonyl (C=O) groups excluding carboxylic acids is 1. The van der Waals surface area contributed by atoms with E-state index in [0.717, 1.165) is 29.7 Å². The van der Waals surface area contributed by atoms with E-state index in [-0.39, 0.29) is 17.5 Å². The normalized spacial score (nSPS) is 18.0. The number of rotatable bonds is 5. The van der Waals surface area contributed by atoms with Crippen molar-refractivity contribution >= 4 is 11.8 Å². The van der Waals surface area contributed by atoms with Crippen LogP contribution in [0.2, 0.25) is 0 Å². The van der Waals surface area contributed by atoms with Gasteiger partial charge in [-0.1, -0.05) is 17.9 Å². The predicted molar refractivity (Wildman–Crippen MR) is 121 cm³/mol. The number of carboxylic acid groups (broad SMARTS) is 1. The Labute approximate surface area is 188 Å². The summed E-state index contributed by atoms with van der Waals surface area (Å²) in [6, 6.07) is 12.6. The Kier molecular flexibility index (Phi) is 6.50. The van der Waals surface area contributed by atoms with Gasteiger partial charge in [-0.05, 0) is 80.5 Å². The third kappa shape index (κ3) is 4.80. The number of benzene rings is 2. The van der Waals surface area contributed by atoms with Crippen molar-refractivity contribution < 1.29 is 24.2 Å². The maximum atomic E-state index is 12.0. The molecule has 5 heteroatoms. The van der Waals surface area contributed by atoms with E-state index in [4.69, 9.17) is 14.6 Å². The Morgan fingerprint density at radius 1 is 1.03 bits per heavy atom. The van der Waals surface area contributed by atoms with E-state index in [9.17, 15) is 9.59 Å². The molecule has 32 heavy (non-hydrogen) atoms. The first kappa shape index (κ1) is 22.0. The van der Waals surface area contributed by atoms with Crippen molar-refractivity contribution in [3.05, 3.63) is 59.2 Å². The molecule has 0 aromatic heterocycles. The average molecular weight is 433 g/mol.